The first-order chi connectivity index (χ1) is 13.1. The molecule has 1 fully saturated rings. The molecule has 3 aromatic heterocycles. The lowest BCUT2D eigenvalue weighted by molar-refractivity contribution is -0.201. The van der Waals surface area contributed by atoms with Crippen molar-refractivity contribution in [2.75, 3.05) is 0 Å². The van der Waals surface area contributed by atoms with Gasteiger partial charge in [-0.2, -0.15) is 22.0 Å². The Balaban J connectivity index is 1.60. The van der Waals surface area contributed by atoms with Crippen LogP contribution in [0.2, 0.25) is 0 Å². The third kappa shape index (κ3) is 3.60. The molecule has 148 valence electrons. The van der Waals surface area contributed by atoms with Crippen LogP contribution in [0.4, 0.5) is 22.0 Å². The fraction of sp³-hybridized carbons (Fsp3) is 0.412. The van der Waals surface area contributed by atoms with Crippen molar-refractivity contribution >= 4 is 5.65 Å². The number of fused-ring (bicyclic) bond motifs is 1. The van der Waals surface area contributed by atoms with Gasteiger partial charge in [0.05, 0.1) is 11.9 Å². The number of rotatable bonds is 5. The van der Waals surface area contributed by atoms with E-state index >= 15 is 0 Å². The quantitative estimate of drug-likeness (QED) is 0.607. The molecular weight excluding hydrogens is 385 g/mol. The van der Waals surface area contributed by atoms with Crippen LogP contribution in [0.25, 0.3) is 16.9 Å². The SMILES string of the molecule is CC(F)(F)c1nnc2cnc(-c3ccc(O[C@@H](C4CC4)C(F)(F)F)nc3)cn12. The predicted molar refractivity (Wildman–Crippen MR) is 86.8 cm³/mol. The summed E-state index contributed by atoms with van der Waals surface area (Å²) in [5.41, 5.74) is 0.848. The molecule has 1 aliphatic carbocycles. The lowest BCUT2D eigenvalue weighted by Crippen LogP contribution is -2.36. The Morgan fingerprint density at radius 2 is 1.82 bits per heavy atom. The van der Waals surface area contributed by atoms with Crippen molar-refractivity contribution in [3.8, 4) is 17.1 Å². The second kappa shape index (κ2) is 6.35. The van der Waals surface area contributed by atoms with Crippen LogP contribution in [-0.4, -0.2) is 36.8 Å². The Labute approximate surface area is 155 Å². The van der Waals surface area contributed by atoms with E-state index in [1.165, 1.54) is 30.7 Å². The number of alkyl halides is 5. The molecular formula is C17H14F5N5O. The summed E-state index contributed by atoms with van der Waals surface area (Å²) >= 11 is 0. The van der Waals surface area contributed by atoms with E-state index in [1.807, 2.05) is 0 Å². The van der Waals surface area contributed by atoms with Crippen molar-refractivity contribution in [1.82, 2.24) is 24.6 Å². The molecule has 1 aliphatic rings. The van der Waals surface area contributed by atoms with Crippen molar-refractivity contribution < 1.29 is 26.7 Å². The predicted octanol–water partition coefficient (Wildman–Crippen LogP) is 4.02. The van der Waals surface area contributed by atoms with E-state index in [2.05, 4.69) is 20.2 Å². The monoisotopic (exact) mass is 399 g/mol. The Bertz CT molecular complexity index is 992. The second-order valence-electron chi connectivity index (χ2n) is 6.72. The summed E-state index contributed by atoms with van der Waals surface area (Å²) in [6, 6.07) is 2.76. The van der Waals surface area contributed by atoms with Gasteiger partial charge in [-0.05, 0) is 18.9 Å². The normalized spacial score (nSPS) is 16.4. The van der Waals surface area contributed by atoms with Crippen LogP contribution >= 0.6 is 0 Å². The largest absolute Gasteiger partial charge is 0.464 e. The van der Waals surface area contributed by atoms with Gasteiger partial charge in [-0.15, -0.1) is 10.2 Å². The zero-order valence-corrected chi connectivity index (χ0v) is 14.5. The molecule has 0 aliphatic heterocycles. The van der Waals surface area contributed by atoms with E-state index < -0.39 is 29.9 Å². The van der Waals surface area contributed by atoms with Gasteiger partial charge in [0, 0.05) is 36.9 Å². The van der Waals surface area contributed by atoms with Crippen LogP contribution in [-0.2, 0) is 5.92 Å². The van der Waals surface area contributed by atoms with Gasteiger partial charge in [0.2, 0.25) is 11.7 Å². The van der Waals surface area contributed by atoms with Gasteiger partial charge in [-0.25, -0.2) is 4.98 Å². The third-order valence-electron chi connectivity index (χ3n) is 4.34. The van der Waals surface area contributed by atoms with Crippen LogP contribution < -0.4 is 4.74 Å². The zero-order valence-electron chi connectivity index (χ0n) is 14.5. The van der Waals surface area contributed by atoms with E-state index in [0.29, 0.717) is 25.3 Å². The number of aromatic nitrogens is 5. The number of ether oxygens (including phenoxy) is 1. The van der Waals surface area contributed by atoms with E-state index in [0.717, 1.165) is 4.40 Å². The lowest BCUT2D eigenvalue weighted by Gasteiger charge is -2.20. The van der Waals surface area contributed by atoms with E-state index in [1.54, 1.807) is 0 Å². The van der Waals surface area contributed by atoms with Gasteiger partial charge in [-0.1, -0.05) is 0 Å². The lowest BCUT2D eigenvalue weighted by atomic mass is 10.2. The smallest absolute Gasteiger partial charge is 0.425 e. The van der Waals surface area contributed by atoms with Crippen LogP contribution in [0, 0.1) is 5.92 Å². The van der Waals surface area contributed by atoms with Crippen molar-refractivity contribution in [2.24, 2.45) is 5.92 Å². The molecule has 0 saturated heterocycles. The van der Waals surface area contributed by atoms with Crippen molar-refractivity contribution in [1.29, 1.82) is 0 Å². The average Bonchev–Trinajstić information content (AvgIpc) is 3.35. The van der Waals surface area contributed by atoms with Gasteiger partial charge in [-0.3, -0.25) is 9.38 Å². The molecule has 0 radical (unpaired) electrons. The van der Waals surface area contributed by atoms with Crippen LogP contribution in [0.15, 0.2) is 30.7 Å². The second-order valence-corrected chi connectivity index (χ2v) is 6.72. The minimum atomic E-state index is -4.47. The molecule has 6 nitrogen and oxygen atoms in total. The molecule has 3 heterocycles. The Kier molecular flexibility index (Phi) is 4.20. The number of hydrogen-bond acceptors (Lipinski definition) is 5. The zero-order chi connectivity index (χ0) is 20.1. The van der Waals surface area contributed by atoms with E-state index in [4.69, 9.17) is 4.74 Å². The standard InChI is InChI=1S/C17H14F5N5O/c1-16(18,19)15-26-25-12-7-23-11(8-27(12)15)10-4-5-13(24-6-10)28-14(9-2-3-9)17(20,21)22/h4-9,14H,2-3H2,1H3/t14-/m0/s1. The molecule has 0 spiro atoms. The van der Waals surface area contributed by atoms with Crippen molar-refractivity contribution in [3.63, 3.8) is 0 Å². The highest BCUT2D eigenvalue weighted by Crippen LogP contribution is 2.42. The Morgan fingerprint density at radius 1 is 1.07 bits per heavy atom. The molecule has 0 bridgehead atoms. The first-order valence-corrected chi connectivity index (χ1v) is 8.42. The maximum absolute atomic E-state index is 13.6. The fourth-order valence-electron chi connectivity index (χ4n) is 2.81. The Hall–Kier alpha value is -2.85. The van der Waals surface area contributed by atoms with Gasteiger partial charge >= 0.3 is 12.1 Å². The van der Waals surface area contributed by atoms with Crippen molar-refractivity contribution in [2.45, 2.75) is 38.0 Å². The first kappa shape index (κ1) is 18.5. The highest BCUT2D eigenvalue weighted by Gasteiger charge is 2.51. The van der Waals surface area contributed by atoms with Gasteiger partial charge in [0.1, 0.15) is 0 Å². The Morgan fingerprint density at radius 3 is 2.39 bits per heavy atom. The summed E-state index contributed by atoms with van der Waals surface area (Å²) in [4.78, 5) is 8.02. The molecule has 0 N–H and O–H groups in total. The van der Waals surface area contributed by atoms with Crippen LogP contribution in [0.5, 0.6) is 5.88 Å². The molecule has 0 unspecified atom stereocenters. The van der Waals surface area contributed by atoms with Gasteiger partial charge < -0.3 is 4.74 Å². The van der Waals surface area contributed by atoms with Crippen molar-refractivity contribution in [3.05, 3.63) is 36.5 Å². The van der Waals surface area contributed by atoms with Gasteiger partial charge in [0.25, 0.3) is 0 Å². The topological polar surface area (TPSA) is 65.2 Å². The minimum absolute atomic E-state index is 0.144. The molecule has 11 heteroatoms. The van der Waals surface area contributed by atoms with Crippen LogP contribution in [0.3, 0.4) is 0 Å². The van der Waals surface area contributed by atoms with Crippen LogP contribution in [0.1, 0.15) is 25.6 Å². The summed E-state index contributed by atoms with van der Waals surface area (Å²) in [5.74, 6) is -4.46. The number of pyridine rings is 1. The maximum atomic E-state index is 13.6. The molecule has 0 aromatic carbocycles. The minimum Gasteiger partial charge on any atom is -0.464 e. The fourth-order valence-corrected chi connectivity index (χ4v) is 2.81. The summed E-state index contributed by atoms with van der Waals surface area (Å²) in [7, 11) is 0. The summed E-state index contributed by atoms with van der Waals surface area (Å²) in [5, 5.41) is 7.11. The number of hydrogen-bond donors (Lipinski definition) is 0. The van der Waals surface area contributed by atoms with E-state index in [9.17, 15) is 22.0 Å². The molecule has 3 aromatic rings. The average molecular weight is 399 g/mol. The molecule has 0 amide bonds. The molecule has 1 saturated carbocycles. The molecule has 4 rings (SSSR count). The molecule has 28 heavy (non-hydrogen) atoms. The highest BCUT2D eigenvalue weighted by molar-refractivity contribution is 5.59. The molecule has 1 atom stereocenters. The highest BCUT2D eigenvalue weighted by atomic mass is 19.4. The number of halogens is 5. The van der Waals surface area contributed by atoms with Gasteiger partial charge in [0.15, 0.2) is 11.8 Å². The number of nitrogens with zero attached hydrogens (tertiary/aromatic N) is 5. The third-order valence-corrected chi connectivity index (χ3v) is 4.34. The van der Waals surface area contributed by atoms with E-state index in [-0.39, 0.29) is 17.2 Å². The maximum Gasteiger partial charge on any atom is 0.425 e. The summed E-state index contributed by atoms with van der Waals surface area (Å²) < 4.78 is 72.6. The summed E-state index contributed by atoms with van der Waals surface area (Å²) in [6.07, 6.45) is -1.54. The summed E-state index contributed by atoms with van der Waals surface area (Å²) in [6.45, 7) is 0.703. The first-order valence-electron chi connectivity index (χ1n) is 8.42.